The summed E-state index contributed by atoms with van der Waals surface area (Å²) in [4.78, 5) is 4.57. The second-order valence-corrected chi connectivity index (χ2v) is 6.01. The van der Waals surface area contributed by atoms with Crippen molar-refractivity contribution in [2.24, 2.45) is 0 Å². The Kier molecular flexibility index (Phi) is 4.31. The summed E-state index contributed by atoms with van der Waals surface area (Å²) in [6.07, 6.45) is 3.76. The zero-order valence-electron chi connectivity index (χ0n) is 12.1. The van der Waals surface area contributed by atoms with Gasteiger partial charge in [0.25, 0.3) is 0 Å². The summed E-state index contributed by atoms with van der Waals surface area (Å²) in [6, 6.07) is 0. The van der Waals surface area contributed by atoms with Crippen molar-refractivity contribution in [1.82, 2.24) is 9.80 Å². The topological polar surface area (TPSA) is 65.4 Å². The molecule has 3 rings (SSSR count). The number of aliphatic hydroxyl groups excluding tert-OH is 2. The van der Waals surface area contributed by atoms with Crippen molar-refractivity contribution >= 4 is 0 Å². The minimum atomic E-state index is -0.190. The molecule has 2 N–H and O–H groups in total. The second-order valence-electron chi connectivity index (χ2n) is 6.01. The van der Waals surface area contributed by atoms with E-state index in [9.17, 15) is 10.2 Å². The van der Waals surface area contributed by atoms with Crippen molar-refractivity contribution in [3.05, 3.63) is 0 Å². The van der Waals surface area contributed by atoms with E-state index in [4.69, 9.17) is 9.47 Å². The van der Waals surface area contributed by atoms with Gasteiger partial charge < -0.3 is 19.7 Å². The van der Waals surface area contributed by atoms with E-state index in [0.717, 1.165) is 52.0 Å². The van der Waals surface area contributed by atoms with Crippen LogP contribution in [0.2, 0.25) is 0 Å². The van der Waals surface area contributed by atoms with Crippen LogP contribution in [0.15, 0.2) is 0 Å². The molecule has 0 aromatic heterocycles. The van der Waals surface area contributed by atoms with Crippen molar-refractivity contribution in [3.8, 4) is 0 Å². The molecule has 3 aliphatic rings. The van der Waals surface area contributed by atoms with Crippen LogP contribution in [0.1, 0.15) is 25.7 Å². The van der Waals surface area contributed by atoms with E-state index in [1.54, 1.807) is 0 Å². The molecule has 6 nitrogen and oxygen atoms in total. The highest BCUT2D eigenvalue weighted by atomic mass is 16.5. The number of nitrogens with zero attached hydrogens (tertiary/aromatic N) is 2. The maximum absolute atomic E-state index is 9.20. The van der Waals surface area contributed by atoms with E-state index in [1.807, 2.05) is 0 Å². The predicted molar refractivity (Wildman–Crippen MR) is 73.2 cm³/mol. The van der Waals surface area contributed by atoms with Crippen molar-refractivity contribution in [2.75, 3.05) is 52.6 Å². The standard InChI is InChI=1S/C14H26N2O4/c17-9-5-15-7-11-19-13(15)1-2-14(4-3-13)16(6-10-18)8-12-20-14/h17-18H,1-12H2. The minimum Gasteiger partial charge on any atom is -0.395 e. The Bertz CT molecular complexity index is 299. The van der Waals surface area contributed by atoms with E-state index >= 15 is 0 Å². The summed E-state index contributed by atoms with van der Waals surface area (Å²) < 4.78 is 12.1. The van der Waals surface area contributed by atoms with Gasteiger partial charge in [0.1, 0.15) is 11.4 Å². The van der Waals surface area contributed by atoms with Gasteiger partial charge in [0.15, 0.2) is 0 Å². The summed E-state index contributed by atoms with van der Waals surface area (Å²) in [6.45, 7) is 5.08. The van der Waals surface area contributed by atoms with Crippen LogP contribution in [0.3, 0.4) is 0 Å². The van der Waals surface area contributed by atoms with Gasteiger partial charge in [-0.15, -0.1) is 0 Å². The molecule has 0 radical (unpaired) electrons. The van der Waals surface area contributed by atoms with Gasteiger partial charge in [0.2, 0.25) is 0 Å². The quantitative estimate of drug-likeness (QED) is 0.733. The Morgan fingerprint density at radius 3 is 1.50 bits per heavy atom. The van der Waals surface area contributed by atoms with E-state index in [2.05, 4.69) is 9.80 Å². The van der Waals surface area contributed by atoms with Gasteiger partial charge in [-0.1, -0.05) is 0 Å². The van der Waals surface area contributed by atoms with E-state index in [0.29, 0.717) is 13.1 Å². The van der Waals surface area contributed by atoms with Gasteiger partial charge in [-0.05, 0) is 25.7 Å². The van der Waals surface area contributed by atoms with Crippen LogP contribution in [0, 0.1) is 0 Å². The Labute approximate surface area is 120 Å². The normalized spacial score (nSPS) is 39.3. The lowest BCUT2D eigenvalue weighted by Gasteiger charge is -2.48. The molecule has 3 fully saturated rings. The molecule has 6 heteroatoms. The first-order valence-corrected chi connectivity index (χ1v) is 7.74. The maximum atomic E-state index is 9.20. The highest BCUT2D eigenvalue weighted by Crippen LogP contribution is 2.46. The molecule has 116 valence electrons. The summed E-state index contributed by atoms with van der Waals surface area (Å²) in [5.41, 5.74) is -0.379. The Hall–Kier alpha value is -0.240. The molecule has 0 aromatic carbocycles. The first-order chi connectivity index (χ1) is 9.75. The average molecular weight is 286 g/mol. The van der Waals surface area contributed by atoms with Crippen LogP contribution in [0.5, 0.6) is 0 Å². The number of ether oxygens (including phenoxy) is 2. The lowest BCUT2D eigenvalue weighted by molar-refractivity contribution is -0.184. The van der Waals surface area contributed by atoms with E-state index in [1.165, 1.54) is 0 Å². The molecule has 0 atom stereocenters. The van der Waals surface area contributed by atoms with Gasteiger partial charge in [0, 0.05) is 26.2 Å². The molecule has 2 saturated heterocycles. The average Bonchev–Trinajstić information content (AvgIpc) is 3.01. The van der Waals surface area contributed by atoms with Crippen molar-refractivity contribution < 1.29 is 19.7 Å². The molecule has 1 saturated carbocycles. The zero-order chi connectivity index (χ0) is 14.1. The second kappa shape index (κ2) is 5.87. The van der Waals surface area contributed by atoms with Crippen LogP contribution in [0.25, 0.3) is 0 Å². The minimum absolute atomic E-state index is 0.184. The molecule has 2 aliphatic heterocycles. The fourth-order valence-corrected chi connectivity index (χ4v) is 4.11. The molecule has 2 spiro atoms. The van der Waals surface area contributed by atoms with Gasteiger partial charge >= 0.3 is 0 Å². The van der Waals surface area contributed by atoms with Gasteiger partial charge in [-0.3, -0.25) is 9.80 Å². The molecule has 0 aromatic rings. The number of hydrogen-bond donors (Lipinski definition) is 2. The lowest BCUT2D eigenvalue weighted by atomic mass is 9.83. The smallest absolute Gasteiger partial charge is 0.122 e. The van der Waals surface area contributed by atoms with Crippen LogP contribution in [-0.4, -0.2) is 84.1 Å². The van der Waals surface area contributed by atoms with Crippen LogP contribution in [-0.2, 0) is 9.47 Å². The van der Waals surface area contributed by atoms with E-state index < -0.39 is 0 Å². The largest absolute Gasteiger partial charge is 0.395 e. The van der Waals surface area contributed by atoms with Gasteiger partial charge in [-0.2, -0.15) is 0 Å². The third-order valence-corrected chi connectivity index (χ3v) is 5.17. The zero-order valence-corrected chi connectivity index (χ0v) is 12.1. The summed E-state index contributed by atoms with van der Waals surface area (Å²) in [7, 11) is 0. The molecule has 0 unspecified atom stereocenters. The first-order valence-electron chi connectivity index (χ1n) is 7.74. The fourth-order valence-electron chi connectivity index (χ4n) is 4.11. The monoisotopic (exact) mass is 286 g/mol. The van der Waals surface area contributed by atoms with Gasteiger partial charge in [-0.25, -0.2) is 0 Å². The predicted octanol–water partition coefficient (Wildman–Crippen LogP) is -0.398. The molecule has 1 aliphatic carbocycles. The lowest BCUT2D eigenvalue weighted by Crippen LogP contribution is -2.56. The summed E-state index contributed by atoms with van der Waals surface area (Å²) in [5, 5.41) is 18.4. The Balaban J connectivity index is 1.66. The molecular formula is C14H26N2O4. The molecule has 0 amide bonds. The Morgan fingerprint density at radius 1 is 0.750 bits per heavy atom. The highest BCUT2D eigenvalue weighted by Gasteiger charge is 2.52. The molecule has 2 heterocycles. The van der Waals surface area contributed by atoms with Crippen molar-refractivity contribution in [2.45, 2.75) is 37.1 Å². The van der Waals surface area contributed by atoms with Gasteiger partial charge in [0.05, 0.1) is 26.4 Å². The SMILES string of the molecule is OCCN1CCOC12CCC1(CC2)OCCN1CCO. The molecular weight excluding hydrogens is 260 g/mol. The number of hydrogen-bond acceptors (Lipinski definition) is 6. The number of aliphatic hydroxyl groups is 2. The maximum Gasteiger partial charge on any atom is 0.122 e. The highest BCUT2D eigenvalue weighted by molar-refractivity contribution is 4.99. The third kappa shape index (κ3) is 2.38. The van der Waals surface area contributed by atoms with Crippen LogP contribution in [0.4, 0.5) is 0 Å². The number of rotatable bonds is 4. The first kappa shape index (κ1) is 14.7. The Morgan fingerprint density at radius 2 is 1.15 bits per heavy atom. The van der Waals surface area contributed by atoms with E-state index in [-0.39, 0.29) is 24.7 Å². The summed E-state index contributed by atoms with van der Waals surface area (Å²) in [5.74, 6) is 0. The summed E-state index contributed by atoms with van der Waals surface area (Å²) >= 11 is 0. The van der Waals surface area contributed by atoms with Crippen LogP contribution >= 0.6 is 0 Å². The third-order valence-electron chi connectivity index (χ3n) is 5.17. The molecule has 0 bridgehead atoms. The fraction of sp³-hybridized carbons (Fsp3) is 1.00. The van der Waals surface area contributed by atoms with Crippen molar-refractivity contribution in [1.29, 1.82) is 0 Å². The number of β-amino-alcohol motifs (C(OH)–C–C–N with tert-alkyl or cyclic N) is 2. The van der Waals surface area contributed by atoms with Crippen LogP contribution < -0.4 is 0 Å². The van der Waals surface area contributed by atoms with Crippen molar-refractivity contribution in [3.63, 3.8) is 0 Å². The molecule has 20 heavy (non-hydrogen) atoms.